The Balaban J connectivity index is 1.73. The molecular formula is C18H17N3O3. The van der Waals surface area contributed by atoms with Gasteiger partial charge in [0.15, 0.2) is 5.82 Å². The number of nitrogens with zero attached hydrogens (tertiary/aromatic N) is 3. The molecule has 6 heteroatoms. The van der Waals surface area contributed by atoms with E-state index in [1.165, 1.54) is 0 Å². The highest BCUT2D eigenvalue weighted by Gasteiger charge is 2.33. The molecule has 2 heterocycles. The van der Waals surface area contributed by atoms with Crippen molar-refractivity contribution in [2.24, 2.45) is 0 Å². The van der Waals surface area contributed by atoms with E-state index in [4.69, 9.17) is 9.26 Å². The maximum absolute atomic E-state index is 13.2. The molecule has 0 N–H and O–H groups in total. The summed E-state index contributed by atoms with van der Waals surface area (Å²) in [4.78, 5) is 19.2. The number of aryl methyl sites for hydroxylation is 1. The Hall–Kier alpha value is -2.73. The Morgan fingerprint density at radius 2 is 2.04 bits per heavy atom. The zero-order valence-electron chi connectivity index (χ0n) is 13.3. The van der Waals surface area contributed by atoms with Crippen LogP contribution in [0.15, 0.2) is 47.0 Å². The number of carbonyl (C=O) groups excluding carboxylic acids is 1. The first-order chi connectivity index (χ1) is 11.7. The Kier molecular flexibility index (Phi) is 3.74. The van der Waals surface area contributed by atoms with E-state index >= 15 is 0 Å². The molecule has 1 aliphatic heterocycles. The molecule has 0 radical (unpaired) electrons. The van der Waals surface area contributed by atoms with E-state index in [9.17, 15) is 4.79 Å². The van der Waals surface area contributed by atoms with Crippen molar-refractivity contribution >= 4 is 16.7 Å². The van der Waals surface area contributed by atoms with Crippen molar-refractivity contribution in [2.75, 3.05) is 19.8 Å². The van der Waals surface area contributed by atoms with Crippen molar-refractivity contribution in [1.82, 2.24) is 15.0 Å². The predicted molar refractivity (Wildman–Crippen MR) is 87.6 cm³/mol. The molecular weight excluding hydrogens is 306 g/mol. The van der Waals surface area contributed by atoms with Gasteiger partial charge in [-0.1, -0.05) is 41.6 Å². The molecule has 0 saturated carbocycles. The monoisotopic (exact) mass is 323 g/mol. The van der Waals surface area contributed by atoms with E-state index in [1.54, 1.807) is 11.8 Å². The number of hydrogen-bond acceptors (Lipinski definition) is 5. The van der Waals surface area contributed by atoms with Crippen LogP contribution >= 0.6 is 0 Å². The van der Waals surface area contributed by atoms with E-state index in [0.717, 1.165) is 10.8 Å². The van der Waals surface area contributed by atoms with Crippen molar-refractivity contribution in [1.29, 1.82) is 0 Å². The number of aromatic nitrogens is 2. The number of morpholine rings is 1. The summed E-state index contributed by atoms with van der Waals surface area (Å²) in [6.45, 7) is 3.11. The number of amides is 1. The third-order valence-corrected chi connectivity index (χ3v) is 4.25. The summed E-state index contributed by atoms with van der Waals surface area (Å²) in [6.07, 6.45) is 0. The third-order valence-electron chi connectivity index (χ3n) is 4.25. The first kappa shape index (κ1) is 14.8. The summed E-state index contributed by atoms with van der Waals surface area (Å²) in [5.41, 5.74) is 0.681. The molecule has 1 aliphatic rings. The number of fused-ring (bicyclic) bond motifs is 1. The zero-order chi connectivity index (χ0) is 16.5. The molecule has 3 aromatic rings. The number of hydrogen-bond donors (Lipinski definition) is 0. The molecule has 1 saturated heterocycles. The van der Waals surface area contributed by atoms with Gasteiger partial charge in [0, 0.05) is 19.0 Å². The molecule has 0 aliphatic carbocycles. The number of benzene rings is 2. The fourth-order valence-corrected chi connectivity index (χ4v) is 3.08. The van der Waals surface area contributed by atoms with Crippen LogP contribution < -0.4 is 0 Å². The van der Waals surface area contributed by atoms with E-state index in [1.807, 2.05) is 42.5 Å². The Morgan fingerprint density at radius 3 is 2.88 bits per heavy atom. The van der Waals surface area contributed by atoms with Gasteiger partial charge in [-0.25, -0.2) is 0 Å². The average molecular weight is 323 g/mol. The highest BCUT2D eigenvalue weighted by Crippen LogP contribution is 2.27. The van der Waals surface area contributed by atoms with Crippen LogP contribution in [0.3, 0.4) is 0 Å². The summed E-state index contributed by atoms with van der Waals surface area (Å²) in [6, 6.07) is 13.3. The van der Waals surface area contributed by atoms with Crippen LogP contribution in [0.5, 0.6) is 0 Å². The normalized spacial score (nSPS) is 18.0. The van der Waals surface area contributed by atoms with E-state index in [-0.39, 0.29) is 11.9 Å². The van der Waals surface area contributed by atoms with E-state index < -0.39 is 0 Å². The highest BCUT2D eigenvalue weighted by molar-refractivity contribution is 6.07. The SMILES string of the molecule is Cc1nc([C@@H]2COCCN2C(=O)c2cccc3ccccc23)no1. The molecule has 2 aromatic carbocycles. The smallest absolute Gasteiger partial charge is 0.255 e. The molecule has 4 rings (SSSR count). The summed E-state index contributed by atoms with van der Waals surface area (Å²) in [5, 5.41) is 5.96. The molecule has 6 nitrogen and oxygen atoms in total. The van der Waals surface area contributed by atoms with Gasteiger partial charge in [-0.05, 0) is 16.8 Å². The molecule has 24 heavy (non-hydrogen) atoms. The lowest BCUT2D eigenvalue weighted by Gasteiger charge is -2.34. The Labute approximate surface area is 139 Å². The molecule has 1 atom stereocenters. The van der Waals surface area contributed by atoms with Gasteiger partial charge in [0.1, 0.15) is 6.04 Å². The fourth-order valence-electron chi connectivity index (χ4n) is 3.08. The standard InChI is InChI=1S/C18H17N3O3/c1-12-19-17(20-24-12)16-11-23-10-9-21(16)18(22)15-8-4-6-13-5-2-3-7-14(13)15/h2-8,16H,9-11H2,1H3/t16-/m0/s1. The lowest BCUT2D eigenvalue weighted by atomic mass is 10.0. The minimum atomic E-state index is -0.331. The predicted octanol–water partition coefficient (Wildman–Crippen LogP) is 2.74. The van der Waals surface area contributed by atoms with Gasteiger partial charge in [0.2, 0.25) is 5.89 Å². The molecule has 0 bridgehead atoms. The summed E-state index contributed by atoms with van der Waals surface area (Å²) in [7, 11) is 0. The van der Waals surface area contributed by atoms with Crippen LogP contribution in [0.1, 0.15) is 28.1 Å². The molecule has 0 spiro atoms. The van der Waals surface area contributed by atoms with Gasteiger partial charge in [-0.3, -0.25) is 4.79 Å². The molecule has 0 unspecified atom stereocenters. The van der Waals surface area contributed by atoms with Crippen molar-refractivity contribution in [2.45, 2.75) is 13.0 Å². The summed E-state index contributed by atoms with van der Waals surface area (Å²) >= 11 is 0. The van der Waals surface area contributed by atoms with Gasteiger partial charge in [-0.2, -0.15) is 4.98 Å². The lowest BCUT2D eigenvalue weighted by molar-refractivity contribution is -0.00566. The second-order valence-corrected chi connectivity index (χ2v) is 5.79. The largest absolute Gasteiger partial charge is 0.377 e. The maximum Gasteiger partial charge on any atom is 0.255 e. The summed E-state index contributed by atoms with van der Waals surface area (Å²) < 4.78 is 10.6. The number of ether oxygens (including phenoxy) is 1. The average Bonchev–Trinajstić information content (AvgIpc) is 3.07. The highest BCUT2D eigenvalue weighted by atomic mass is 16.5. The second-order valence-electron chi connectivity index (χ2n) is 5.79. The topological polar surface area (TPSA) is 68.5 Å². The Morgan fingerprint density at radius 1 is 1.21 bits per heavy atom. The summed E-state index contributed by atoms with van der Waals surface area (Å²) in [5.74, 6) is 0.927. The minimum Gasteiger partial charge on any atom is -0.377 e. The second kappa shape index (κ2) is 6.05. The van der Waals surface area contributed by atoms with Gasteiger partial charge < -0.3 is 14.2 Å². The van der Waals surface area contributed by atoms with Crippen molar-refractivity contribution in [3.05, 3.63) is 59.7 Å². The number of rotatable bonds is 2. The van der Waals surface area contributed by atoms with E-state index in [2.05, 4.69) is 10.1 Å². The first-order valence-corrected chi connectivity index (χ1v) is 7.91. The van der Waals surface area contributed by atoms with Crippen molar-refractivity contribution in [3.63, 3.8) is 0 Å². The van der Waals surface area contributed by atoms with Gasteiger partial charge in [0.25, 0.3) is 5.91 Å². The first-order valence-electron chi connectivity index (χ1n) is 7.91. The maximum atomic E-state index is 13.2. The van der Waals surface area contributed by atoms with Crippen LogP contribution in [-0.4, -0.2) is 40.7 Å². The zero-order valence-corrected chi connectivity index (χ0v) is 13.3. The van der Waals surface area contributed by atoms with Gasteiger partial charge in [0.05, 0.1) is 13.2 Å². The fraction of sp³-hybridized carbons (Fsp3) is 0.278. The third kappa shape index (κ3) is 2.55. The van der Waals surface area contributed by atoms with Gasteiger partial charge in [-0.15, -0.1) is 0 Å². The lowest BCUT2D eigenvalue weighted by Crippen LogP contribution is -2.43. The van der Waals surface area contributed by atoms with E-state index in [0.29, 0.717) is 37.0 Å². The molecule has 122 valence electrons. The van der Waals surface area contributed by atoms with Gasteiger partial charge >= 0.3 is 0 Å². The van der Waals surface area contributed by atoms with Crippen LogP contribution in [-0.2, 0) is 4.74 Å². The molecule has 1 aromatic heterocycles. The molecule has 1 fully saturated rings. The van der Waals surface area contributed by atoms with Crippen LogP contribution in [0.4, 0.5) is 0 Å². The van der Waals surface area contributed by atoms with Crippen LogP contribution in [0.2, 0.25) is 0 Å². The quantitative estimate of drug-likeness (QED) is 0.725. The molecule has 1 amide bonds. The van der Waals surface area contributed by atoms with Crippen molar-refractivity contribution < 1.29 is 14.1 Å². The van der Waals surface area contributed by atoms with Crippen LogP contribution in [0, 0.1) is 6.92 Å². The van der Waals surface area contributed by atoms with Crippen molar-refractivity contribution in [3.8, 4) is 0 Å². The number of carbonyl (C=O) groups is 1. The van der Waals surface area contributed by atoms with Crippen LogP contribution in [0.25, 0.3) is 10.8 Å². The Bertz CT molecular complexity index is 885. The minimum absolute atomic E-state index is 0.0393.